The van der Waals surface area contributed by atoms with Crippen molar-refractivity contribution in [1.29, 1.82) is 0 Å². The number of aromatic nitrogens is 6. The maximum absolute atomic E-state index is 15.1. The second kappa shape index (κ2) is 11.5. The van der Waals surface area contributed by atoms with E-state index in [0.717, 1.165) is 28.1 Å². The number of halogens is 1. The molecule has 2 N–H and O–H groups in total. The van der Waals surface area contributed by atoms with Crippen molar-refractivity contribution in [3.8, 4) is 11.5 Å². The van der Waals surface area contributed by atoms with Crippen molar-refractivity contribution < 1.29 is 18.7 Å². The number of alkyl carbamates (subject to hydrolysis) is 1. The quantitative estimate of drug-likeness (QED) is 0.269. The molecular weight excluding hydrogens is 553 g/mol. The second-order valence-electron chi connectivity index (χ2n) is 11.7. The van der Waals surface area contributed by atoms with E-state index in [1.54, 1.807) is 36.0 Å². The van der Waals surface area contributed by atoms with Gasteiger partial charge in [0.25, 0.3) is 0 Å². The number of nitrogens with zero attached hydrogens (tertiary/aromatic N) is 7. The Kier molecular flexibility index (Phi) is 7.57. The lowest BCUT2D eigenvalue weighted by Crippen LogP contribution is -2.52. The second-order valence-corrected chi connectivity index (χ2v) is 11.7. The largest absolute Gasteiger partial charge is 0.457 e. The summed E-state index contributed by atoms with van der Waals surface area (Å²) in [4.78, 5) is 22.9. The minimum atomic E-state index is -1.22. The molecule has 0 saturated carbocycles. The van der Waals surface area contributed by atoms with E-state index in [4.69, 9.17) is 9.47 Å². The first-order chi connectivity index (χ1) is 20.6. The van der Waals surface area contributed by atoms with E-state index >= 15 is 4.39 Å². The van der Waals surface area contributed by atoms with Gasteiger partial charge in [0.15, 0.2) is 11.5 Å². The molecule has 5 aromatic rings. The molecule has 0 unspecified atom stereocenters. The van der Waals surface area contributed by atoms with Gasteiger partial charge < -0.3 is 20.1 Å². The number of hydrogen-bond donors (Lipinski definition) is 2. The van der Waals surface area contributed by atoms with E-state index in [-0.39, 0.29) is 6.54 Å². The number of anilines is 2. The van der Waals surface area contributed by atoms with Crippen molar-refractivity contribution in [2.24, 2.45) is 0 Å². The van der Waals surface area contributed by atoms with E-state index in [9.17, 15) is 4.79 Å². The third-order valence-corrected chi connectivity index (χ3v) is 7.18. The number of pyridine rings is 1. The molecule has 43 heavy (non-hydrogen) atoms. The number of nitrogens with one attached hydrogen (secondary N) is 2. The van der Waals surface area contributed by atoms with Crippen molar-refractivity contribution in [3.05, 3.63) is 72.6 Å². The van der Waals surface area contributed by atoms with Crippen molar-refractivity contribution in [1.82, 2.24) is 39.4 Å². The summed E-state index contributed by atoms with van der Waals surface area (Å²) in [5.41, 5.74) is 3.62. The monoisotopic (exact) mass is 587 g/mol. The van der Waals surface area contributed by atoms with Gasteiger partial charge in [-0.2, -0.15) is 10.2 Å². The van der Waals surface area contributed by atoms with Crippen molar-refractivity contribution >= 4 is 28.8 Å². The predicted octanol–water partition coefficient (Wildman–Crippen LogP) is 5.05. The number of hydrogen-bond acceptors (Lipinski definition) is 9. The van der Waals surface area contributed by atoms with E-state index in [1.165, 1.54) is 12.7 Å². The van der Waals surface area contributed by atoms with Gasteiger partial charge in [0.05, 0.1) is 6.04 Å². The highest BCUT2D eigenvalue weighted by molar-refractivity contribution is 5.77. The number of likely N-dealkylation sites (tertiary alicyclic amines) is 1. The molecule has 1 amide bonds. The van der Waals surface area contributed by atoms with Crippen LogP contribution in [0.25, 0.3) is 11.2 Å². The molecule has 4 aromatic heterocycles. The van der Waals surface area contributed by atoms with Crippen LogP contribution in [0.3, 0.4) is 0 Å². The lowest BCUT2D eigenvalue weighted by Gasteiger charge is -2.35. The Morgan fingerprint density at radius 1 is 1.07 bits per heavy atom. The summed E-state index contributed by atoms with van der Waals surface area (Å²) in [5, 5.41) is 14.6. The Balaban J connectivity index is 1.13. The summed E-state index contributed by atoms with van der Waals surface area (Å²) in [6.45, 7) is 8.65. The Labute approximate surface area is 247 Å². The third-order valence-electron chi connectivity index (χ3n) is 7.18. The number of rotatable bonds is 7. The number of ether oxygens (including phenoxy) is 2. The summed E-state index contributed by atoms with van der Waals surface area (Å²) < 4.78 is 29.9. The molecule has 1 saturated heterocycles. The molecular formula is C30H34FN9O3. The fraction of sp³-hybridized carbons (Fsp3) is 0.367. The summed E-state index contributed by atoms with van der Waals surface area (Å²) >= 11 is 0. The molecule has 0 bridgehead atoms. The minimum absolute atomic E-state index is 0.193. The van der Waals surface area contributed by atoms with Crippen LogP contribution in [0.1, 0.15) is 38.3 Å². The van der Waals surface area contributed by atoms with Crippen molar-refractivity contribution in [2.75, 3.05) is 18.4 Å². The standard InChI is InChI=1S/C30H34FN9O3/c1-19-13-21(5-6-25(19)42-22-8-12-39-26(14-22)32-17-34-39)36-28-27-20(7-11-40(27)35-18-33-28)15-38-10-9-24(23(31)16-38)37-29(41)43-30(2,3)4/h5-8,11-14,17-18,23-24H,9-10,15-16H2,1-4H3,(H,37,41)(H,33,35,36)/t23-,24-/m1/s1. The average molecular weight is 588 g/mol. The average Bonchev–Trinajstić information content (AvgIpc) is 3.58. The van der Waals surface area contributed by atoms with Gasteiger partial charge in [0, 0.05) is 43.8 Å². The molecule has 0 spiro atoms. The van der Waals surface area contributed by atoms with E-state index in [2.05, 4.69) is 30.8 Å². The lowest BCUT2D eigenvalue weighted by molar-refractivity contribution is 0.0391. The number of benzene rings is 1. The molecule has 6 rings (SSSR count). The number of alkyl halides is 1. The van der Waals surface area contributed by atoms with Crippen LogP contribution in [-0.2, 0) is 11.3 Å². The summed E-state index contributed by atoms with van der Waals surface area (Å²) in [6.07, 6.45) is 5.33. The SMILES string of the molecule is Cc1cc(Nc2ncnn3ccc(CN4CC[C@@H](NC(=O)OC(C)(C)C)[C@H](F)C4)c23)ccc1Oc1ccn2ncnc2c1. The molecule has 13 heteroatoms. The van der Waals surface area contributed by atoms with Crippen LogP contribution >= 0.6 is 0 Å². The first kappa shape index (κ1) is 28.3. The first-order valence-electron chi connectivity index (χ1n) is 14.1. The molecule has 0 radical (unpaired) electrons. The van der Waals surface area contributed by atoms with Gasteiger partial charge in [0.1, 0.15) is 41.4 Å². The Hall–Kier alpha value is -4.78. The molecule has 1 fully saturated rings. The van der Waals surface area contributed by atoms with E-state index in [1.807, 2.05) is 54.4 Å². The van der Waals surface area contributed by atoms with Crippen LogP contribution in [0.5, 0.6) is 11.5 Å². The van der Waals surface area contributed by atoms with Crippen LogP contribution in [0, 0.1) is 6.92 Å². The summed E-state index contributed by atoms with van der Waals surface area (Å²) in [5.74, 6) is 2.02. The minimum Gasteiger partial charge on any atom is -0.457 e. The van der Waals surface area contributed by atoms with Gasteiger partial charge in [0.2, 0.25) is 0 Å². The maximum atomic E-state index is 15.1. The fourth-order valence-corrected chi connectivity index (χ4v) is 5.18. The molecule has 12 nitrogen and oxygen atoms in total. The van der Waals surface area contributed by atoms with Gasteiger partial charge >= 0.3 is 6.09 Å². The van der Waals surface area contributed by atoms with Crippen LogP contribution in [0.2, 0.25) is 0 Å². The van der Waals surface area contributed by atoms with Gasteiger partial charge in [-0.1, -0.05) is 0 Å². The Morgan fingerprint density at radius 2 is 1.86 bits per heavy atom. The number of aryl methyl sites for hydroxylation is 1. The highest BCUT2D eigenvalue weighted by atomic mass is 19.1. The Bertz CT molecular complexity index is 1760. The van der Waals surface area contributed by atoms with Gasteiger partial charge in [-0.15, -0.1) is 0 Å². The fourth-order valence-electron chi connectivity index (χ4n) is 5.18. The molecule has 1 aliphatic rings. The number of amides is 1. The smallest absolute Gasteiger partial charge is 0.407 e. The van der Waals surface area contributed by atoms with Gasteiger partial charge in [-0.3, -0.25) is 4.90 Å². The molecule has 1 aliphatic heterocycles. The van der Waals surface area contributed by atoms with Crippen LogP contribution in [0.15, 0.2) is 61.4 Å². The number of fused-ring (bicyclic) bond motifs is 2. The number of carbonyl (C=O) groups excluding carboxylic acids is 1. The Morgan fingerprint density at radius 3 is 2.65 bits per heavy atom. The summed E-state index contributed by atoms with van der Waals surface area (Å²) in [6, 6.07) is 10.9. The van der Waals surface area contributed by atoms with Crippen LogP contribution < -0.4 is 15.4 Å². The highest BCUT2D eigenvalue weighted by Crippen LogP contribution is 2.30. The topological polar surface area (TPSA) is 123 Å². The molecule has 2 atom stereocenters. The zero-order valence-corrected chi connectivity index (χ0v) is 24.5. The molecule has 224 valence electrons. The highest BCUT2D eigenvalue weighted by Gasteiger charge is 2.32. The number of carbonyl (C=O) groups is 1. The zero-order valence-electron chi connectivity index (χ0n) is 24.5. The lowest BCUT2D eigenvalue weighted by atomic mass is 10.0. The van der Waals surface area contributed by atoms with E-state index in [0.29, 0.717) is 36.7 Å². The first-order valence-corrected chi connectivity index (χ1v) is 14.1. The molecule has 0 aliphatic carbocycles. The summed E-state index contributed by atoms with van der Waals surface area (Å²) in [7, 11) is 0. The van der Waals surface area contributed by atoms with E-state index < -0.39 is 23.9 Å². The van der Waals surface area contributed by atoms with Crippen molar-refractivity contribution in [2.45, 2.75) is 58.5 Å². The van der Waals surface area contributed by atoms with Crippen LogP contribution in [-0.4, -0.2) is 71.1 Å². The normalized spacial score (nSPS) is 17.7. The zero-order chi connectivity index (χ0) is 30.1. The van der Waals surface area contributed by atoms with Gasteiger partial charge in [-0.25, -0.2) is 28.2 Å². The van der Waals surface area contributed by atoms with Gasteiger partial charge in [-0.05, 0) is 75.6 Å². The number of piperidine rings is 1. The maximum Gasteiger partial charge on any atom is 0.407 e. The predicted molar refractivity (Wildman–Crippen MR) is 158 cm³/mol. The molecule has 1 aromatic carbocycles. The van der Waals surface area contributed by atoms with Crippen LogP contribution in [0.4, 0.5) is 20.7 Å². The molecule has 5 heterocycles. The van der Waals surface area contributed by atoms with Crippen molar-refractivity contribution in [3.63, 3.8) is 0 Å². The third kappa shape index (κ3) is 6.51.